The normalized spacial score (nSPS) is 52.3. The van der Waals surface area contributed by atoms with E-state index < -0.39 is 0 Å². The summed E-state index contributed by atoms with van der Waals surface area (Å²) in [6.07, 6.45) is 9.95. The number of aliphatic hydroxyl groups is 1. The Morgan fingerprint density at radius 2 is 1.77 bits per heavy atom. The minimum Gasteiger partial charge on any atom is -0.389 e. The fourth-order valence-corrected chi connectivity index (χ4v) is 7.70. The van der Waals surface area contributed by atoms with Crippen LogP contribution in [0.15, 0.2) is 11.6 Å². The number of aliphatic hydroxyl groups excluding tert-OH is 1. The van der Waals surface area contributed by atoms with Gasteiger partial charge < -0.3 is 19.3 Å². The Kier molecular flexibility index (Phi) is 3.93. The Bertz CT molecular complexity index is 609. The van der Waals surface area contributed by atoms with Gasteiger partial charge in [-0.05, 0) is 61.7 Å². The SMILES string of the molecule is CO[C@H]1CC[C@@]2(C)C(=C[C@H](O)[C@@H]3[C@@H]2CC[C@@]2(C)[C@H]3CCC23OCCO3)C1. The predicted molar refractivity (Wildman–Crippen MR) is 98.5 cm³/mol. The van der Waals surface area contributed by atoms with Crippen LogP contribution in [-0.4, -0.2) is 43.4 Å². The molecule has 146 valence electrons. The fraction of sp³-hybridized carbons (Fsp3) is 0.909. The monoisotopic (exact) mass is 362 g/mol. The number of hydrogen-bond acceptors (Lipinski definition) is 4. The molecular weight excluding hydrogens is 328 g/mol. The Hall–Kier alpha value is -0.420. The smallest absolute Gasteiger partial charge is 0.174 e. The molecule has 0 aromatic carbocycles. The fourth-order valence-electron chi connectivity index (χ4n) is 7.70. The molecule has 5 aliphatic rings. The second-order valence-corrected chi connectivity index (χ2v) is 9.94. The second-order valence-electron chi connectivity index (χ2n) is 9.94. The molecule has 5 rings (SSSR count). The van der Waals surface area contributed by atoms with Crippen molar-refractivity contribution < 1.29 is 19.3 Å². The van der Waals surface area contributed by atoms with Crippen LogP contribution < -0.4 is 0 Å². The quantitative estimate of drug-likeness (QED) is 0.723. The molecule has 4 heteroatoms. The Morgan fingerprint density at radius 1 is 1.04 bits per heavy atom. The van der Waals surface area contributed by atoms with Gasteiger partial charge in [0, 0.05) is 18.9 Å². The van der Waals surface area contributed by atoms with E-state index in [-0.39, 0.29) is 22.7 Å². The van der Waals surface area contributed by atoms with Gasteiger partial charge in [0.1, 0.15) is 0 Å². The number of ether oxygens (including phenoxy) is 3. The van der Waals surface area contributed by atoms with E-state index in [4.69, 9.17) is 14.2 Å². The highest BCUT2D eigenvalue weighted by atomic mass is 16.7. The third-order valence-electron chi connectivity index (χ3n) is 9.22. The van der Waals surface area contributed by atoms with E-state index >= 15 is 0 Å². The molecule has 4 nitrogen and oxygen atoms in total. The summed E-state index contributed by atoms with van der Waals surface area (Å²) in [7, 11) is 1.82. The zero-order chi connectivity index (χ0) is 18.2. The molecule has 0 unspecified atom stereocenters. The molecule has 0 aromatic heterocycles. The molecule has 3 saturated carbocycles. The van der Waals surface area contributed by atoms with Crippen molar-refractivity contribution >= 4 is 0 Å². The maximum absolute atomic E-state index is 11.2. The van der Waals surface area contributed by atoms with Crippen molar-refractivity contribution in [3.8, 4) is 0 Å². The summed E-state index contributed by atoms with van der Waals surface area (Å²) in [4.78, 5) is 0. The summed E-state index contributed by atoms with van der Waals surface area (Å²) >= 11 is 0. The Balaban J connectivity index is 1.50. The zero-order valence-corrected chi connectivity index (χ0v) is 16.5. The van der Waals surface area contributed by atoms with Crippen molar-refractivity contribution in [1.82, 2.24) is 0 Å². The highest BCUT2D eigenvalue weighted by Crippen LogP contribution is 2.68. The van der Waals surface area contributed by atoms with Gasteiger partial charge in [0.05, 0.1) is 25.4 Å². The molecule has 1 N–H and O–H groups in total. The van der Waals surface area contributed by atoms with Gasteiger partial charge in [0.2, 0.25) is 0 Å². The van der Waals surface area contributed by atoms with Gasteiger partial charge in [-0.25, -0.2) is 0 Å². The standard InChI is InChI=1S/C22H34O4/c1-20-7-4-15(24-3)12-14(20)13-18(23)19-16(20)5-8-21(2)17(19)6-9-22(21)25-10-11-26-22/h13,15-19,23H,4-12H2,1-3H3/t15-,16-,17-,18-,19+,20-,21-/m0/s1. The molecule has 26 heavy (non-hydrogen) atoms. The first kappa shape index (κ1) is 17.7. The average Bonchev–Trinajstić information content (AvgIpc) is 3.22. The van der Waals surface area contributed by atoms with Crippen molar-refractivity contribution in [2.45, 2.75) is 76.8 Å². The molecule has 1 spiro atoms. The van der Waals surface area contributed by atoms with Gasteiger partial charge in [-0.15, -0.1) is 0 Å². The van der Waals surface area contributed by atoms with Gasteiger partial charge in [-0.1, -0.05) is 25.5 Å². The number of fused-ring (bicyclic) bond motifs is 6. The Labute approximate surface area is 157 Å². The Morgan fingerprint density at radius 3 is 2.50 bits per heavy atom. The van der Waals surface area contributed by atoms with Crippen LogP contribution >= 0.6 is 0 Å². The van der Waals surface area contributed by atoms with E-state index in [0.29, 0.717) is 23.9 Å². The largest absolute Gasteiger partial charge is 0.389 e. The molecule has 0 bridgehead atoms. The van der Waals surface area contributed by atoms with E-state index in [0.717, 1.165) is 45.3 Å². The van der Waals surface area contributed by atoms with E-state index in [2.05, 4.69) is 19.9 Å². The van der Waals surface area contributed by atoms with Crippen LogP contribution in [0.3, 0.4) is 0 Å². The van der Waals surface area contributed by atoms with Crippen LogP contribution in [0.5, 0.6) is 0 Å². The van der Waals surface area contributed by atoms with Crippen LogP contribution in [0.4, 0.5) is 0 Å². The topological polar surface area (TPSA) is 47.9 Å². The first-order valence-corrected chi connectivity index (χ1v) is 10.6. The van der Waals surface area contributed by atoms with Crippen molar-refractivity contribution in [2.75, 3.05) is 20.3 Å². The molecule has 0 amide bonds. The lowest BCUT2D eigenvalue weighted by Crippen LogP contribution is -2.58. The first-order valence-electron chi connectivity index (χ1n) is 10.6. The van der Waals surface area contributed by atoms with Crippen LogP contribution in [0, 0.1) is 28.6 Å². The maximum atomic E-state index is 11.2. The molecule has 1 aliphatic heterocycles. The summed E-state index contributed by atoms with van der Waals surface area (Å²) in [5.41, 5.74) is 1.72. The van der Waals surface area contributed by atoms with Crippen LogP contribution in [0.25, 0.3) is 0 Å². The summed E-state index contributed by atoms with van der Waals surface area (Å²) in [6, 6.07) is 0. The average molecular weight is 363 g/mol. The summed E-state index contributed by atoms with van der Waals surface area (Å²) < 4.78 is 18.1. The van der Waals surface area contributed by atoms with Gasteiger partial charge in [0.15, 0.2) is 5.79 Å². The lowest BCUT2D eigenvalue weighted by atomic mass is 9.47. The van der Waals surface area contributed by atoms with Crippen LogP contribution in [0.2, 0.25) is 0 Å². The number of methoxy groups -OCH3 is 1. The molecule has 0 radical (unpaired) electrons. The highest BCUT2D eigenvalue weighted by Gasteiger charge is 2.67. The molecule has 1 saturated heterocycles. The molecule has 1 heterocycles. The van der Waals surface area contributed by atoms with E-state index in [9.17, 15) is 5.11 Å². The van der Waals surface area contributed by atoms with Crippen molar-refractivity contribution in [3.63, 3.8) is 0 Å². The van der Waals surface area contributed by atoms with Crippen molar-refractivity contribution in [2.24, 2.45) is 28.6 Å². The molecule has 0 aromatic rings. The molecular formula is C22H34O4. The minimum absolute atomic E-state index is 0.0388. The third kappa shape index (κ3) is 2.10. The number of rotatable bonds is 1. The third-order valence-corrected chi connectivity index (χ3v) is 9.22. The molecule has 4 fully saturated rings. The van der Waals surface area contributed by atoms with Gasteiger partial charge in [-0.2, -0.15) is 0 Å². The van der Waals surface area contributed by atoms with E-state index in [1.807, 2.05) is 7.11 Å². The predicted octanol–water partition coefficient (Wildman–Crippen LogP) is 3.68. The van der Waals surface area contributed by atoms with E-state index in [1.54, 1.807) is 0 Å². The number of hydrogen-bond donors (Lipinski definition) is 1. The summed E-state index contributed by atoms with van der Waals surface area (Å²) in [5.74, 6) is 1.02. The summed E-state index contributed by atoms with van der Waals surface area (Å²) in [5, 5.41) is 11.2. The highest BCUT2D eigenvalue weighted by molar-refractivity contribution is 5.28. The van der Waals surface area contributed by atoms with Crippen LogP contribution in [0.1, 0.15) is 58.8 Å². The lowest BCUT2D eigenvalue weighted by Gasteiger charge is -2.59. The zero-order valence-electron chi connectivity index (χ0n) is 16.5. The van der Waals surface area contributed by atoms with Gasteiger partial charge >= 0.3 is 0 Å². The van der Waals surface area contributed by atoms with Crippen LogP contribution in [-0.2, 0) is 14.2 Å². The maximum Gasteiger partial charge on any atom is 0.174 e. The molecule has 7 atom stereocenters. The minimum atomic E-state index is -0.388. The van der Waals surface area contributed by atoms with Crippen molar-refractivity contribution in [1.29, 1.82) is 0 Å². The first-order chi connectivity index (χ1) is 12.4. The van der Waals surface area contributed by atoms with Gasteiger partial charge in [0.25, 0.3) is 0 Å². The second kappa shape index (κ2) is 5.79. The van der Waals surface area contributed by atoms with Crippen molar-refractivity contribution in [3.05, 3.63) is 11.6 Å². The van der Waals surface area contributed by atoms with Gasteiger partial charge in [-0.3, -0.25) is 0 Å². The van der Waals surface area contributed by atoms with E-state index in [1.165, 1.54) is 18.4 Å². The molecule has 4 aliphatic carbocycles. The lowest BCUT2D eigenvalue weighted by molar-refractivity contribution is -0.246. The summed E-state index contributed by atoms with van der Waals surface area (Å²) in [6.45, 7) is 6.28.